The molecule has 0 N–H and O–H groups in total. The minimum Gasteiger partial charge on any atom is -0.497 e. The lowest BCUT2D eigenvalue weighted by atomic mass is 9.96. The number of carbonyl (C=O) groups is 1. The third kappa shape index (κ3) is 5.73. The van der Waals surface area contributed by atoms with E-state index >= 15 is 0 Å². The Morgan fingerprint density at radius 3 is 2.16 bits per heavy atom. The Labute approximate surface area is 223 Å². The number of piperazine rings is 1. The Balaban J connectivity index is 1.18. The van der Waals surface area contributed by atoms with Gasteiger partial charge in [0.15, 0.2) is 11.7 Å². The molecule has 1 saturated heterocycles. The topological polar surface area (TPSA) is 68.0 Å². The summed E-state index contributed by atoms with van der Waals surface area (Å²) in [5.41, 5.74) is 3.33. The summed E-state index contributed by atoms with van der Waals surface area (Å²) in [6.45, 7) is 3.05. The maximum absolute atomic E-state index is 13.0. The highest BCUT2D eigenvalue weighted by atomic mass is 16.5. The van der Waals surface area contributed by atoms with Crippen LogP contribution in [0.3, 0.4) is 0 Å². The molecule has 0 aliphatic carbocycles. The van der Waals surface area contributed by atoms with Gasteiger partial charge in [0.1, 0.15) is 11.5 Å². The lowest BCUT2D eigenvalue weighted by Crippen LogP contribution is -2.49. The smallest absolute Gasteiger partial charge is 0.223 e. The van der Waals surface area contributed by atoms with Gasteiger partial charge >= 0.3 is 0 Å². The van der Waals surface area contributed by atoms with Gasteiger partial charge in [-0.25, -0.2) is 4.98 Å². The standard InChI is InChI=1S/C31H33N3O4/c1-36-25-13-14-26(27(21-25)37-2)28-22-32-29(38-28)15-16-30(35)33-17-19-34(20-18-33)31(23-9-5-3-6-10-23)24-11-7-4-8-12-24/h3-14,21-22,31H,15-20H2,1-2H3. The van der Waals surface area contributed by atoms with E-state index < -0.39 is 0 Å². The molecule has 0 radical (unpaired) electrons. The molecule has 38 heavy (non-hydrogen) atoms. The van der Waals surface area contributed by atoms with Crippen molar-refractivity contribution in [2.45, 2.75) is 18.9 Å². The monoisotopic (exact) mass is 511 g/mol. The van der Waals surface area contributed by atoms with Gasteiger partial charge in [0.2, 0.25) is 5.91 Å². The maximum Gasteiger partial charge on any atom is 0.223 e. The summed E-state index contributed by atoms with van der Waals surface area (Å²) in [6.07, 6.45) is 2.49. The van der Waals surface area contributed by atoms with Crippen molar-refractivity contribution in [1.29, 1.82) is 0 Å². The quantitative estimate of drug-likeness (QED) is 0.307. The van der Waals surface area contributed by atoms with Gasteiger partial charge in [0.05, 0.1) is 32.0 Å². The molecule has 0 saturated carbocycles. The minimum atomic E-state index is 0.127. The van der Waals surface area contributed by atoms with E-state index in [0.717, 1.165) is 18.7 Å². The van der Waals surface area contributed by atoms with Gasteiger partial charge in [-0.05, 0) is 23.3 Å². The molecule has 4 aromatic rings. The second-order valence-electron chi connectivity index (χ2n) is 9.33. The molecule has 2 heterocycles. The van der Waals surface area contributed by atoms with Crippen molar-refractivity contribution in [3.05, 3.63) is 102 Å². The zero-order chi connectivity index (χ0) is 26.3. The average molecular weight is 512 g/mol. The number of hydrogen-bond acceptors (Lipinski definition) is 6. The van der Waals surface area contributed by atoms with Crippen LogP contribution in [0.5, 0.6) is 11.5 Å². The lowest BCUT2D eigenvalue weighted by molar-refractivity contribution is -0.133. The molecule has 3 aromatic carbocycles. The Morgan fingerprint density at radius 2 is 1.55 bits per heavy atom. The van der Waals surface area contributed by atoms with Crippen LogP contribution >= 0.6 is 0 Å². The lowest BCUT2D eigenvalue weighted by Gasteiger charge is -2.39. The van der Waals surface area contributed by atoms with Crippen molar-refractivity contribution in [2.75, 3.05) is 40.4 Å². The molecule has 5 rings (SSSR count). The molecule has 0 unspecified atom stereocenters. The van der Waals surface area contributed by atoms with Crippen molar-refractivity contribution < 1.29 is 18.7 Å². The Kier molecular flexibility index (Phi) is 8.04. The van der Waals surface area contributed by atoms with Gasteiger partial charge < -0.3 is 18.8 Å². The van der Waals surface area contributed by atoms with Crippen LogP contribution in [-0.2, 0) is 11.2 Å². The fourth-order valence-electron chi connectivity index (χ4n) is 5.04. The van der Waals surface area contributed by atoms with Crippen LogP contribution in [0.1, 0.15) is 29.5 Å². The summed E-state index contributed by atoms with van der Waals surface area (Å²) >= 11 is 0. The molecule has 7 nitrogen and oxygen atoms in total. The van der Waals surface area contributed by atoms with Crippen molar-refractivity contribution in [3.63, 3.8) is 0 Å². The molecular formula is C31H33N3O4. The van der Waals surface area contributed by atoms with Crippen LogP contribution in [-0.4, -0.2) is 61.1 Å². The van der Waals surface area contributed by atoms with Crippen molar-refractivity contribution in [2.24, 2.45) is 0 Å². The van der Waals surface area contributed by atoms with Crippen LogP contribution in [0.4, 0.5) is 0 Å². The van der Waals surface area contributed by atoms with Crippen molar-refractivity contribution in [3.8, 4) is 22.8 Å². The number of amides is 1. The first-order valence-electron chi connectivity index (χ1n) is 12.9. The van der Waals surface area contributed by atoms with E-state index in [1.54, 1.807) is 26.5 Å². The second kappa shape index (κ2) is 12.0. The van der Waals surface area contributed by atoms with E-state index in [1.807, 2.05) is 29.2 Å². The Morgan fingerprint density at radius 1 is 0.895 bits per heavy atom. The molecule has 1 amide bonds. The molecule has 1 aromatic heterocycles. The Bertz CT molecular complexity index is 1290. The van der Waals surface area contributed by atoms with Gasteiger partial charge in [-0.15, -0.1) is 0 Å². The van der Waals surface area contributed by atoms with Gasteiger partial charge in [-0.3, -0.25) is 9.69 Å². The normalized spacial score (nSPS) is 14.0. The number of benzene rings is 3. The molecule has 196 valence electrons. The number of hydrogen-bond donors (Lipinski definition) is 0. The number of aromatic nitrogens is 1. The maximum atomic E-state index is 13.0. The highest BCUT2D eigenvalue weighted by Crippen LogP contribution is 2.34. The summed E-state index contributed by atoms with van der Waals surface area (Å²) in [5, 5.41) is 0. The third-order valence-electron chi connectivity index (χ3n) is 7.04. The molecule has 1 fully saturated rings. The Hall–Kier alpha value is -4.10. The predicted molar refractivity (Wildman–Crippen MR) is 146 cm³/mol. The van der Waals surface area contributed by atoms with E-state index in [9.17, 15) is 4.79 Å². The number of oxazole rings is 1. The van der Waals surface area contributed by atoms with Crippen molar-refractivity contribution >= 4 is 5.91 Å². The fraction of sp³-hybridized carbons (Fsp3) is 0.290. The van der Waals surface area contributed by atoms with Crippen LogP contribution in [0.2, 0.25) is 0 Å². The second-order valence-corrected chi connectivity index (χ2v) is 9.33. The molecule has 1 aliphatic rings. The molecule has 0 spiro atoms. The van der Waals surface area contributed by atoms with Crippen molar-refractivity contribution in [1.82, 2.24) is 14.8 Å². The van der Waals surface area contributed by atoms with Gasteiger partial charge in [-0.1, -0.05) is 60.7 Å². The van der Waals surface area contributed by atoms with E-state index in [2.05, 4.69) is 58.4 Å². The zero-order valence-electron chi connectivity index (χ0n) is 21.9. The first kappa shape index (κ1) is 25.5. The highest BCUT2D eigenvalue weighted by Gasteiger charge is 2.28. The molecule has 0 bridgehead atoms. The van der Waals surface area contributed by atoms with Crippen LogP contribution in [0.15, 0.2) is 89.5 Å². The van der Waals surface area contributed by atoms with Gasteiger partial charge in [0.25, 0.3) is 0 Å². The summed E-state index contributed by atoms with van der Waals surface area (Å²) in [4.78, 5) is 21.9. The van der Waals surface area contributed by atoms with Gasteiger partial charge in [-0.2, -0.15) is 0 Å². The van der Waals surface area contributed by atoms with Crippen LogP contribution in [0.25, 0.3) is 11.3 Å². The van der Waals surface area contributed by atoms with E-state index in [1.165, 1.54) is 11.1 Å². The number of rotatable bonds is 9. The van der Waals surface area contributed by atoms with E-state index in [-0.39, 0.29) is 11.9 Å². The number of carbonyl (C=O) groups excluding carboxylic acids is 1. The molecular weight excluding hydrogens is 478 g/mol. The van der Waals surface area contributed by atoms with Crippen LogP contribution in [0, 0.1) is 0 Å². The van der Waals surface area contributed by atoms with Crippen LogP contribution < -0.4 is 9.47 Å². The fourth-order valence-corrected chi connectivity index (χ4v) is 5.04. The highest BCUT2D eigenvalue weighted by molar-refractivity contribution is 5.76. The summed E-state index contributed by atoms with van der Waals surface area (Å²) in [5.74, 6) is 2.62. The van der Waals surface area contributed by atoms with E-state index in [0.29, 0.717) is 49.1 Å². The molecule has 1 aliphatic heterocycles. The molecule has 0 atom stereocenters. The first-order chi connectivity index (χ1) is 18.7. The minimum absolute atomic E-state index is 0.127. The molecule has 7 heteroatoms. The summed E-state index contributed by atoms with van der Waals surface area (Å²) < 4.78 is 16.7. The summed E-state index contributed by atoms with van der Waals surface area (Å²) in [6, 6.07) is 26.9. The van der Waals surface area contributed by atoms with E-state index in [4.69, 9.17) is 13.9 Å². The number of ether oxygens (including phenoxy) is 2. The first-order valence-corrected chi connectivity index (χ1v) is 12.9. The SMILES string of the molecule is COc1ccc(-c2cnc(CCC(=O)N3CCN(C(c4ccccc4)c4ccccc4)CC3)o2)c(OC)c1. The van der Waals surface area contributed by atoms with Gasteiger partial charge in [0, 0.05) is 45.1 Å². The number of methoxy groups -OCH3 is 2. The zero-order valence-corrected chi connectivity index (χ0v) is 21.9. The predicted octanol–water partition coefficient (Wildman–Crippen LogP) is 5.23. The number of nitrogens with zero attached hydrogens (tertiary/aromatic N) is 3. The largest absolute Gasteiger partial charge is 0.497 e. The summed E-state index contributed by atoms with van der Waals surface area (Å²) in [7, 11) is 3.22. The average Bonchev–Trinajstić information content (AvgIpc) is 3.46. The third-order valence-corrected chi connectivity index (χ3v) is 7.04. The number of aryl methyl sites for hydroxylation is 1.